The molecule has 1 amide bonds. The maximum absolute atomic E-state index is 12.1. The van der Waals surface area contributed by atoms with Crippen molar-refractivity contribution < 1.29 is 18.4 Å². The van der Waals surface area contributed by atoms with Gasteiger partial charge in [-0.3, -0.25) is 9.59 Å². The molecule has 0 atom stereocenters. The minimum atomic E-state index is -2.68. The van der Waals surface area contributed by atoms with Crippen molar-refractivity contribution in [1.29, 1.82) is 0 Å². The van der Waals surface area contributed by atoms with Crippen molar-refractivity contribution in [3.63, 3.8) is 0 Å². The monoisotopic (exact) mass is 398 g/mol. The third-order valence-electron chi connectivity index (χ3n) is 5.10. The van der Waals surface area contributed by atoms with E-state index in [9.17, 15) is 9.59 Å². The van der Waals surface area contributed by atoms with Gasteiger partial charge < -0.3 is 15.4 Å². The van der Waals surface area contributed by atoms with E-state index in [0.717, 1.165) is 32.1 Å². The molecule has 0 aromatic carbocycles. The quantitative estimate of drug-likeness (QED) is 0.605. The highest BCUT2D eigenvalue weighted by Gasteiger charge is 2.11. The Hall–Kier alpha value is -1.59. The number of likely N-dealkylation sites (N-methyl/N-ethyl adjacent to an activating group) is 1. The first-order chi connectivity index (χ1) is 14.8. The van der Waals surface area contributed by atoms with Crippen LogP contribution in [0, 0.1) is 0 Å². The van der Waals surface area contributed by atoms with Crippen molar-refractivity contribution in [3.8, 4) is 0 Å². The van der Waals surface area contributed by atoms with E-state index in [4.69, 9.17) is 14.6 Å². The van der Waals surface area contributed by atoms with Crippen LogP contribution in [0.5, 0.6) is 0 Å². The summed E-state index contributed by atoms with van der Waals surface area (Å²) < 4.78 is 27.9. The van der Waals surface area contributed by atoms with E-state index in [1.165, 1.54) is 57.8 Å². The van der Waals surface area contributed by atoms with Gasteiger partial charge in [0.2, 0.25) is 5.91 Å². The van der Waals surface area contributed by atoms with E-state index in [1.54, 1.807) is 0 Å². The first-order valence-corrected chi connectivity index (χ1v) is 11.1. The molecule has 0 saturated heterocycles. The van der Waals surface area contributed by atoms with Crippen LogP contribution in [0.25, 0.3) is 0 Å². The van der Waals surface area contributed by atoms with E-state index >= 15 is 0 Å². The summed E-state index contributed by atoms with van der Waals surface area (Å²) in [4.78, 5) is 28.5. The van der Waals surface area contributed by atoms with Gasteiger partial charge in [0.05, 0.1) is 6.61 Å². The minimum absolute atomic E-state index is 0.222. The van der Waals surface area contributed by atoms with Crippen LogP contribution < -0.4 is 5.73 Å². The Labute approximate surface area is 175 Å². The maximum atomic E-state index is 12.1. The minimum Gasteiger partial charge on any atom is -0.464 e. The normalized spacial score (nSPS) is 24.1. The lowest BCUT2D eigenvalue weighted by atomic mass is 10.0. The second-order valence-electron chi connectivity index (χ2n) is 7.72. The van der Waals surface area contributed by atoms with E-state index in [2.05, 4.69) is 4.99 Å². The molecule has 0 saturated carbocycles. The number of rotatable bonds is 0. The molecule has 0 radical (unpaired) electrons. The van der Waals surface area contributed by atoms with Gasteiger partial charge in [-0.05, 0) is 12.8 Å². The average Bonchev–Trinajstić information content (AvgIpc) is 2.69. The summed E-state index contributed by atoms with van der Waals surface area (Å²) in [7, 11) is 0. The smallest absolute Gasteiger partial charge is 0.325 e. The molecular formula is C22H41N3O3. The fraction of sp³-hybridized carbons (Fsp3) is 0.864. The molecule has 0 bridgehead atoms. The van der Waals surface area contributed by atoms with Crippen molar-refractivity contribution in [3.05, 3.63) is 0 Å². The van der Waals surface area contributed by atoms with Crippen molar-refractivity contribution in [1.82, 2.24) is 4.90 Å². The predicted octanol–water partition coefficient (Wildman–Crippen LogP) is 4.56. The molecule has 0 aliphatic carbocycles. The average molecular weight is 399 g/mol. The molecule has 0 aromatic heterocycles. The van der Waals surface area contributed by atoms with Gasteiger partial charge in [-0.2, -0.15) is 4.99 Å². The molecule has 6 heteroatoms. The molecule has 1 aliphatic rings. The lowest BCUT2D eigenvalue weighted by Gasteiger charge is -2.16. The number of aliphatic imine (C=N–C) groups is 1. The van der Waals surface area contributed by atoms with Crippen LogP contribution in [0.4, 0.5) is 0 Å². The number of hydrogen-bond acceptors (Lipinski definition) is 5. The molecule has 0 spiro atoms. The fourth-order valence-electron chi connectivity index (χ4n) is 3.36. The Morgan fingerprint density at radius 1 is 0.821 bits per heavy atom. The van der Waals surface area contributed by atoms with Crippen LogP contribution in [0.2, 0.25) is 0 Å². The Bertz CT molecular complexity index is 554. The predicted molar refractivity (Wildman–Crippen MR) is 114 cm³/mol. The van der Waals surface area contributed by atoms with Crippen molar-refractivity contribution in [2.24, 2.45) is 10.7 Å². The van der Waals surface area contributed by atoms with Crippen molar-refractivity contribution >= 4 is 17.8 Å². The molecule has 0 fully saturated rings. The molecule has 0 unspecified atom stereocenters. The maximum Gasteiger partial charge on any atom is 0.325 e. The Balaban J connectivity index is 2.60. The molecule has 28 heavy (non-hydrogen) atoms. The summed E-state index contributed by atoms with van der Waals surface area (Å²) in [6.45, 7) is -2.99. The number of carbonyl (C=O) groups is 2. The van der Waals surface area contributed by atoms with Crippen LogP contribution in [-0.4, -0.2) is 42.9 Å². The molecular weight excluding hydrogens is 354 g/mol. The second-order valence-corrected chi connectivity index (χ2v) is 7.72. The second kappa shape index (κ2) is 16.4. The number of nitrogens with zero attached hydrogens (tertiary/aromatic N) is 2. The first kappa shape index (κ1) is 19.7. The third kappa shape index (κ3) is 13.6. The van der Waals surface area contributed by atoms with Crippen LogP contribution in [0.15, 0.2) is 4.99 Å². The van der Waals surface area contributed by atoms with Gasteiger partial charge in [0, 0.05) is 17.5 Å². The molecule has 162 valence electrons. The summed E-state index contributed by atoms with van der Waals surface area (Å²) in [6.07, 6.45) is 17.2. The van der Waals surface area contributed by atoms with Gasteiger partial charge in [-0.1, -0.05) is 83.5 Å². The molecule has 2 N–H and O–H groups in total. The molecule has 0 aromatic rings. The Morgan fingerprint density at radius 3 is 1.79 bits per heavy atom. The summed E-state index contributed by atoms with van der Waals surface area (Å²) >= 11 is 0. The van der Waals surface area contributed by atoms with Crippen LogP contribution in [0.3, 0.4) is 0 Å². The van der Waals surface area contributed by atoms with E-state index in [0.29, 0.717) is 11.3 Å². The van der Waals surface area contributed by atoms with Gasteiger partial charge >= 0.3 is 5.97 Å². The summed E-state index contributed by atoms with van der Waals surface area (Å²) in [5.41, 5.74) is 5.75. The van der Waals surface area contributed by atoms with E-state index in [1.807, 2.05) is 0 Å². The van der Waals surface area contributed by atoms with Gasteiger partial charge in [0.1, 0.15) is 6.54 Å². The number of hydrogen-bond donors (Lipinski definition) is 1. The molecule has 1 heterocycles. The number of ether oxygens (including phenoxy) is 1. The highest BCUT2D eigenvalue weighted by molar-refractivity contribution is 5.93. The largest absolute Gasteiger partial charge is 0.464 e. The van der Waals surface area contributed by atoms with Crippen LogP contribution >= 0.6 is 0 Å². The number of esters is 1. The van der Waals surface area contributed by atoms with Crippen molar-refractivity contribution in [2.45, 2.75) is 103 Å². The Morgan fingerprint density at radius 2 is 1.29 bits per heavy atom. The van der Waals surface area contributed by atoms with Gasteiger partial charge in [-0.25, -0.2) is 0 Å². The van der Waals surface area contributed by atoms with Gasteiger partial charge in [0.25, 0.3) is 0 Å². The van der Waals surface area contributed by atoms with Gasteiger partial charge in [0.15, 0.2) is 5.96 Å². The molecule has 1 rings (SSSR count). The van der Waals surface area contributed by atoms with Crippen molar-refractivity contribution in [2.75, 3.05) is 20.1 Å². The van der Waals surface area contributed by atoms with E-state index < -0.39 is 31.4 Å². The van der Waals surface area contributed by atoms with Crippen LogP contribution in [-0.2, 0) is 14.3 Å². The third-order valence-corrected chi connectivity index (χ3v) is 5.10. The number of cyclic esters (lactones) is 1. The number of guanidine groups is 1. The summed E-state index contributed by atoms with van der Waals surface area (Å²) in [5.74, 6) is -1.61. The fourth-order valence-corrected chi connectivity index (χ4v) is 3.36. The summed E-state index contributed by atoms with van der Waals surface area (Å²) in [6, 6.07) is 0. The lowest BCUT2D eigenvalue weighted by Crippen LogP contribution is -2.39. The standard InChI is InChI=1S/C22H41N3O3/c1-25-19-21(27)28-18-16-14-12-10-8-6-4-2-3-5-7-9-11-13-15-17-20(26)24-22(25)23/h2-19H2,1H3,(H2,23,24,26)/i1D3. The van der Waals surface area contributed by atoms with Crippen LogP contribution in [0.1, 0.15) is 107 Å². The lowest BCUT2D eigenvalue weighted by molar-refractivity contribution is -0.144. The number of amides is 1. The topological polar surface area (TPSA) is 85.0 Å². The molecule has 6 nitrogen and oxygen atoms in total. The van der Waals surface area contributed by atoms with E-state index in [-0.39, 0.29) is 13.0 Å². The zero-order chi connectivity index (χ0) is 23.0. The number of carbonyl (C=O) groups excluding carboxylic acids is 2. The zero-order valence-electron chi connectivity index (χ0n) is 20.4. The summed E-state index contributed by atoms with van der Waals surface area (Å²) in [5, 5.41) is 0. The van der Waals surface area contributed by atoms with Gasteiger partial charge in [-0.15, -0.1) is 0 Å². The SMILES string of the molecule is [2H]C([2H])([2H])N1CC(=O)OCCCCCCCCCCCCCCCCCC(=O)N=C1N. The highest BCUT2D eigenvalue weighted by Crippen LogP contribution is 2.14. The zero-order valence-corrected chi connectivity index (χ0v) is 17.4. The first-order valence-electron chi connectivity index (χ1n) is 12.6. The Kier molecular flexibility index (Phi) is 11.5. The highest BCUT2D eigenvalue weighted by atomic mass is 16.5. The number of nitrogens with two attached hydrogens (primary N) is 1. The molecule has 1 aliphatic heterocycles.